The number of amides is 1. The van der Waals surface area contributed by atoms with Crippen molar-refractivity contribution in [2.75, 3.05) is 26.0 Å². The molecule has 3 nitrogen and oxygen atoms in total. The van der Waals surface area contributed by atoms with Crippen molar-refractivity contribution in [2.45, 2.75) is 17.4 Å². The molecule has 0 aliphatic carbocycles. The quantitative estimate of drug-likeness (QED) is 0.793. The Morgan fingerprint density at radius 1 is 1.29 bits per heavy atom. The van der Waals surface area contributed by atoms with Crippen LogP contribution in [0, 0.1) is 5.82 Å². The Balaban J connectivity index is 1.70. The van der Waals surface area contributed by atoms with Gasteiger partial charge in [0.1, 0.15) is 5.82 Å². The van der Waals surface area contributed by atoms with E-state index in [1.165, 1.54) is 12.1 Å². The number of nitrogens with zero attached hydrogens (tertiary/aromatic N) is 1. The fraction of sp³-hybridized carbons (Fsp3) is 0.316. The van der Waals surface area contributed by atoms with E-state index in [2.05, 4.69) is 0 Å². The Kier molecular flexibility index (Phi) is 5.53. The minimum Gasteiger partial charge on any atom is -0.374 e. The molecule has 1 unspecified atom stereocenters. The van der Waals surface area contributed by atoms with Gasteiger partial charge in [-0.1, -0.05) is 24.3 Å². The number of rotatable bonds is 4. The van der Waals surface area contributed by atoms with Crippen molar-refractivity contribution in [3.05, 3.63) is 65.5 Å². The molecule has 1 fully saturated rings. The topological polar surface area (TPSA) is 29.5 Å². The zero-order valence-electron chi connectivity index (χ0n) is 13.6. The largest absolute Gasteiger partial charge is 0.374 e. The molecule has 1 atom stereocenters. The molecule has 0 spiro atoms. The van der Waals surface area contributed by atoms with Crippen LogP contribution in [0.1, 0.15) is 15.9 Å². The van der Waals surface area contributed by atoms with E-state index >= 15 is 0 Å². The molecule has 5 heteroatoms. The summed E-state index contributed by atoms with van der Waals surface area (Å²) in [5.41, 5.74) is 1.62. The van der Waals surface area contributed by atoms with Crippen LogP contribution in [0.5, 0.6) is 0 Å². The molecule has 1 saturated heterocycles. The number of morpholine rings is 1. The molecule has 2 aromatic carbocycles. The Morgan fingerprint density at radius 2 is 2.12 bits per heavy atom. The van der Waals surface area contributed by atoms with Crippen molar-refractivity contribution in [1.82, 2.24) is 4.90 Å². The first-order valence-electron chi connectivity index (χ1n) is 7.95. The average Bonchev–Trinajstić information content (AvgIpc) is 2.61. The van der Waals surface area contributed by atoms with Crippen LogP contribution in [-0.2, 0) is 11.2 Å². The number of thioether (sulfide) groups is 1. The lowest BCUT2D eigenvalue weighted by molar-refractivity contribution is -0.0209. The Morgan fingerprint density at radius 3 is 2.92 bits per heavy atom. The normalized spacial score (nSPS) is 17.8. The second-order valence-corrected chi connectivity index (χ2v) is 6.63. The molecule has 126 valence electrons. The van der Waals surface area contributed by atoms with Gasteiger partial charge in [0.15, 0.2) is 0 Å². The van der Waals surface area contributed by atoms with E-state index in [4.69, 9.17) is 4.74 Å². The van der Waals surface area contributed by atoms with Crippen molar-refractivity contribution in [1.29, 1.82) is 0 Å². The summed E-state index contributed by atoms with van der Waals surface area (Å²) in [6, 6.07) is 14.2. The number of benzene rings is 2. The van der Waals surface area contributed by atoms with E-state index < -0.39 is 0 Å². The Bertz CT molecular complexity index is 722. The number of carbonyl (C=O) groups is 1. The van der Waals surface area contributed by atoms with E-state index in [1.807, 2.05) is 41.5 Å². The second-order valence-electron chi connectivity index (χ2n) is 5.78. The van der Waals surface area contributed by atoms with Gasteiger partial charge in [-0.05, 0) is 36.1 Å². The highest BCUT2D eigenvalue weighted by molar-refractivity contribution is 7.98. The number of carbonyl (C=O) groups excluding carboxylic acids is 1. The van der Waals surface area contributed by atoms with E-state index in [0.717, 1.165) is 16.0 Å². The van der Waals surface area contributed by atoms with Crippen LogP contribution in [0.3, 0.4) is 0 Å². The lowest BCUT2D eigenvalue weighted by atomic mass is 10.1. The van der Waals surface area contributed by atoms with Crippen LogP contribution >= 0.6 is 11.8 Å². The maximum Gasteiger partial charge on any atom is 0.255 e. The second kappa shape index (κ2) is 7.81. The lowest BCUT2D eigenvalue weighted by Crippen LogP contribution is -2.46. The number of halogens is 1. The summed E-state index contributed by atoms with van der Waals surface area (Å²) in [6.45, 7) is 1.62. The minimum absolute atomic E-state index is 0.0347. The van der Waals surface area contributed by atoms with Gasteiger partial charge in [0.05, 0.1) is 18.3 Å². The van der Waals surface area contributed by atoms with Gasteiger partial charge in [-0.2, -0.15) is 0 Å². The molecule has 0 aromatic heterocycles. The molecule has 0 N–H and O–H groups in total. The van der Waals surface area contributed by atoms with E-state index in [0.29, 0.717) is 26.1 Å². The highest BCUT2D eigenvalue weighted by atomic mass is 32.2. The first kappa shape index (κ1) is 17.0. The molecule has 1 amide bonds. The first-order valence-corrected chi connectivity index (χ1v) is 9.18. The molecule has 1 aliphatic heterocycles. The Hall–Kier alpha value is -1.85. The third-order valence-corrected chi connectivity index (χ3v) is 4.91. The van der Waals surface area contributed by atoms with Crippen LogP contribution in [0.25, 0.3) is 0 Å². The molecule has 0 bridgehead atoms. The third kappa shape index (κ3) is 3.97. The smallest absolute Gasteiger partial charge is 0.255 e. The molecule has 0 saturated carbocycles. The summed E-state index contributed by atoms with van der Waals surface area (Å²) in [4.78, 5) is 15.6. The van der Waals surface area contributed by atoms with Crippen LogP contribution in [0.4, 0.5) is 4.39 Å². The fourth-order valence-corrected chi connectivity index (χ4v) is 3.54. The van der Waals surface area contributed by atoms with Crippen LogP contribution in [0.15, 0.2) is 53.4 Å². The molecular weight excluding hydrogens is 325 g/mol. The summed E-state index contributed by atoms with van der Waals surface area (Å²) < 4.78 is 19.1. The zero-order valence-corrected chi connectivity index (χ0v) is 14.4. The fourth-order valence-electron chi connectivity index (χ4n) is 2.95. The zero-order chi connectivity index (χ0) is 16.9. The summed E-state index contributed by atoms with van der Waals surface area (Å²) in [5, 5.41) is 0. The van der Waals surface area contributed by atoms with Crippen molar-refractivity contribution in [3.63, 3.8) is 0 Å². The van der Waals surface area contributed by atoms with Crippen LogP contribution in [-0.4, -0.2) is 42.9 Å². The van der Waals surface area contributed by atoms with E-state index in [-0.39, 0.29) is 17.8 Å². The molecule has 0 radical (unpaired) electrons. The summed E-state index contributed by atoms with van der Waals surface area (Å²) in [6.07, 6.45) is 2.47. The van der Waals surface area contributed by atoms with Crippen molar-refractivity contribution < 1.29 is 13.9 Å². The summed E-state index contributed by atoms with van der Waals surface area (Å²) in [5.74, 6) is -0.211. The van der Waals surface area contributed by atoms with Crippen molar-refractivity contribution >= 4 is 17.7 Å². The molecule has 1 aliphatic rings. The predicted molar refractivity (Wildman–Crippen MR) is 94.0 cm³/mol. The van der Waals surface area contributed by atoms with Crippen LogP contribution in [0.2, 0.25) is 0 Å². The molecular formula is C19H20FNO2S. The number of hydrogen-bond acceptors (Lipinski definition) is 3. The number of ether oxygens (including phenoxy) is 1. The molecule has 2 aromatic rings. The highest BCUT2D eigenvalue weighted by Crippen LogP contribution is 2.23. The van der Waals surface area contributed by atoms with Gasteiger partial charge < -0.3 is 9.64 Å². The summed E-state index contributed by atoms with van der Waals surface area (Å²) >= 11 is 1.57. The van der Waals surface area contributed by atoms with Gasteiger partial charge in [0.2, 0.25) is 0 Å². The highest BCUT2D eigenvalue weighted by Gasteiger charge is 2.26. The lowest BCUT2D eigenvalue weighted by Gasteiger charge is -2.33. The van der Waals surface area contributed by atoms with Crippen molar-refractivity contribution in [2.24, 2.45) is 0 Å². The summed E-state index contributed by atoms with van der Waals surface area (Å²) in [7, 11) is 0. The van der Waals surface area contributed by atoms with E-state index in [1.54, 1.807) is 17.8 Å². The van der Waals surface area contributed by atoms with E-state index in [9.17, 15) is 9.18 Å². The maximum absolute atomic E-state index is 13.3. The SMILES string of the molecule is CSc1ccccc1C(=O)N1CCOC(Cc2cccc(F)c2)C1. The number of hydrogen-bond donors (Lipinski definition) is 0. The van der Waals surface area contributed by atoms with Gasteiger partial charge in [-0.15, -0.1) is 11.8 Å². The van der Waals surface area contributed by atoms with Crippen LogP contribution < -0.4 is 0 Å². The third-order valence-electron chi connectivity index (χ3n) is 4.12. The minimum atomic E-state index is -0.245. The van der Waals surface area contributed by atoms with Gasteiger partial charge >= 0.3 is 0 Å². The van der Waals surface area contributed by atoms with Gasteiger partial charge in [-0.25, -0.2) is 4.39 Å². The van der Waals surface area contributed by atoms with Crippen molar-refractivity contribution in [3.8, 4) is 0 Å². The van der Waals surface area contributed by atoms with Gasteiger partial charge in [-0.3, -0.25) is 4.79 Å². The van der Waals surface area contributed by atoms with Gasteiger partial charge in [0.25, 0.3) is 5.91 Å². The molecule has 3 rings (SSSR count). The molecule has 24 heavy (non-hydrogen) atoms. The maximum atomic E-state index is 13.3. The molecule has 1 heterocycles. The standard InChI is InChI=1S/C19H20FNO2S/c1-24-18-8-3-2-7-17(18)19(22)21-9-10-23-16(13-21)12-14-5-4-6-15(20)11-14/h2-8,11,16H,9-10,12-13H2,1H3. The Labute approximate surface area is 145 Å². The van der Waals surface area contributed by atoms with Gasteiger partial charge in [0, 0.05) is 24.4 Å². The monoisotopic (exact) mass is 345 g/mol. The first-order chi connectivity index (χ1) is 11.7. The predicted octanol–water partition coefficient (Wildman–Crippen LogP) is 3.63. The average molecular weight is 345 g/mol.